The van der Waals surface area contributed by atoms with Crippen LogP contribution in [0.15, 0.2) is 24.3 Å². The lowest BCUT2D eigenvalue weighted by atomic mass is 10.1. The number of benzene rings is 1. The number of Topliss-reactive ketones (excluding diaryl/α,β-unsaturated/α-hetero) is 1. The fourth-order valence-electron chi connectivity index (χ4n) is 1.21. The van der Waals surface area contributed by atoms with E-state index in [1.165, 1.54) is 31.3 Å². The first-order valence-electron chi connectivity index (χ1n) is 6.17. The van der Waals surface area contributed by atoms with Crippen LogP contribution in [-0.4, -0.2) is 40.5 Å². The summed E-state index contributed by atoms with van der Waals surface area (Å²) in [5.74, 6) is -1.54. The zero-order valence-electron chi connectivity index (χ0n) is 11.8. The number of likely N-dealkylation sites (N-methyl/N-ethyl adjacent to an activating group) is 1. The van der Waals surface area contributed by atoms with E-state index in [-0.39, 0.29) is 17.7 Å². The number of ketones is 1. The second-order valence-electron chi connectivity index (χ2n) is 3.93. The molecule has 0 saturated heterocycles. The Labute approximate surface area is 132 Å². The van der Waals surface area contributed by atoms with Gasteiger partial charge in [-0.05, 0) is 24.3 Å². The van der Waals surface area contributed by atoms with Gasteiger partial charge in [-0.15, -0.1) is 0 Å². The molecule has 120 valence electrons. The van der Waals surface area contributed by atoms with Crippen LogP contribution in [0.1, 0.15) is 23.2 Å². The number of nitro groups is 1. The molecule has 22 heavy (non-hydrogen) atoms. The third-order valence-corrected chi connectivity index (χ3v) is 2.64. The third-order valence-electron chi connectivity index (χ3n) is 2.32. The van der Waals surface area contributed by atoms with Crippen molar-refractivity contribution in [2.24, 2.45) is 0 Å². The van der Waals surface area contributed by atoms with Gasteiger partial charge in [0.05, 0.1) is 4.92 Å². The number of nitro benzene ring substituents is 1. The Hall–Kier alpha value is -2.42. The lowest BCUT2D eigenvalue weighted by Gasteiger charge is -1.98. The number of carboxylic acids is 1. The Morgan fingerprint density at radius 2 is 1.82 bits per heavy atom. The number of carboxylic acid groups (broad SMARTS) is 1. The van der Waals surface area contributed by atoms with E-state index in [1.54, 1.807) is 0 Å². The van der Waals surface area contributed by atoms with Crippen LogP contribution >= 0.6 is 12.6 Å². The van der Waals surface area contributed by atoms with Crippen LogP contribution in [0.25, 0.3) is 0 Å². The number of non-ortho nitro benzene ring substituents is 1. The van der Waals surface area contributed by atoms with Crippen molar-refractivity contribution in [3.8, 4) is 0 Å². The molecule has 0 aromatic heterocycles. The molecule has 8 nitrogen and oxygen atoms in total. The Morgan fingerprint density at radius 1 is 1.27 bits per heavy atom. The van der Waals surface area contributed by atoms with Crippen molar-refractivity contribution in [3.63, 3.8) is 0 Å². The molecule has 1 rings (SSSR count). The summed E-state index contributed by atoms with van der Waals surface area (Å²) >= 11 is 3.83. The van der Waals surface area contributed by atoms with Gasteiger partial charge in [0.15, 0.2) is 0 Å². The van der Waals surface area contributed by atoms with Gasteiger partial charge >= 0.3 is 5.97 Å². The minimum Gasteiger partial charge on any atom is -0.481 e. The molecule has 1 aromatic carbocycles. The van der Waals surface area contributed by atoms with E-state index in [1.807, 2.05) is 0 Å². The van der Waals surface area contributed by atoms with Gasteiger partial charge < -0.3 is 10.4 Å². The van der Waals surface area contributed by atoms with Crippen LogP contribution < -0.4 is 5.32 Å². The molecule has 0 saturated carbocycles. The molecule has 0 atom stereocenters. The van der Waals surface area contributed by atoms with E-state index in [0.29, 0.717) is 12.2 Å². The second kappa shape index (κ2) is 10.3. The number of hydrogen-bond acceptors (Lipinski definition) is 6. The molecule has 0 aliphatic carbocycles. The molecule has 2 N–H and O–H groups in total. The number of carbonyl (C=O) groups is 3. The van der Waals surface area contributed by atoms with Gasteiger partial charge in [-0.1, -0.05) is 0 Å². The minimum atomic E-state index is -0.746. The molecule has 9 heteroatoms. The number of amides is 1. The quantitative estimate of drug-likeness (QED) is 0.237. The van der Waals surface area contributed by atoms with Crippen molar-refractivity contribution >= 4 is 36.0 Å². The maximum Gasteiger partial charge on any atom is 0.303 e. The highest BCUT2D eigenvalue weighted by molar-refractivity contribution is 7.80. The number of hydrogen-bond donors (Lipinski definition) is 3. The molecule has 0 aliphatic heterocycles. The van der Waals surface area contributed by atoms with E-state index in [0.717, 1.165) is 0 Å². The van der Waals surface area contributed by atoms with Crippen molar-refractivity contribution < 1.29 is 24.4 Å². The second-order valence-corrected chi connectivity index (χ2v) is 4.38. The fourth-order valence-corrected chi connectivity index (χ4v) is 1.37. The van der Waals surface area contributed by atoms with Gasteiger partial charge in [0.25, 0.3) is 11.6 Å². The summed E-state index contributed by atoms with van der Waals surface area (Å²) in [5.41, 5.74) is 0.00315. The average molecular weight is 328 g/mol. The van der Waals surface area contributed by atoms with Gasteiger partial charge in [0, 0.05) is 31.2 Å². The third kappa shape index (κ3) is 7.39. The molecule has 1 aromatic rings. The number of nitrogens with zero attached hydrogens (tertiary/aromatic N) is 1. The first-order chi connectivity index (χ1) is 10.3. The van der Waals surface area contributed by atoms with Crippen LogP contribution in [0.4, 0.5) is 5.69 Å². The van der Waals surface area contributed by atoms with Crippen LogP contribution in [0.5, 0.6) is 0 Å². The predicted molar refractivity (Wildman–Crippen MR) is 82.2 cm³/mol. The first kappa shape index (κ1) is 19.6. The highest BCUT2D eigenvalue weighted by Crippen LogP contribution is 2.12. The van der Waals surface area contributed by atoms with Crippen molar-refractivity contribution in [1.29, 1.82) is 0 Å². The molecule has 0 aliphatic rings. The van der Waals surface area contributed by atoms with Crippen molar-refractivity contribution in [2.75, 3.05) is 12.8 Å². The average Bonchev–Trinajstić information content (AvgIpc) is 2.52. The molecule has 0 unspecified atom stereocenters. The smallest absolute Gasteiger partial charge is 0.303 e. The van der Waals surface area contributed by atoms with Crippen molar-refractivity contribution in [1.82, 2.24) is 5.32 Å². The summed E-state index contributed by atoms with van der Waals surface area (Å²) in [6.07, 6.45) is 0.905. The molecule has 0 radical (unpaired) electrons. The van der Waals surface area contributed by atoms with Gasteiger partial charge in [-0.2, -0.15) is 12.6 Å². The first-order valence-corrected chi connectivity index (χ1v) is 6.80. The molecular weight excluding hydrogens is 312 g/mol. The summed E-state index contributed by atoms with van der Waals surface area (Å²) in [6.45, 7) is 0. The molecule has 0 spiro atoms. The zero-order chi connectivity index (χ0) is 17.1. The number of aliphatic carboxylic acids is 1. The Kier molecular flexibility index (Phi) is 9.19. The standard InChI is InChI=1S/C9H8N2O4.C4H8O2S/c1-10-9(13)8(12)6-2-4-7(5-3-6)11(14)15;5-4(6)2-1-3-7/h2-5H,1H3,(H,10,13);7H,1-3H2,(H,5,6). The van der Waals surface area contributed by atoms with Crippen molar-refractivity contribution in [3.05, 3.63) is 39.9 Å². The number of carbonyl (C=O) groups excluding carboxylic acids is 2. The molecule has 0 fully saturated rings. The van der Waals surface area contributed by atoms with E-state index in [9.17, 15) is 24.5 Å². The zero-order valence-corrected chi connectivity index (χ0v) is 12.7. The summed E-state index contributed by atoms with van der Waals surface area (Å²) < 4.78 is 0. The maximum atomic E-state index is 11.3. The SMILES string of the molecule is CNC(=O)C(=O)c1ccc([N+](=O)[O-])cc1.O=C(O)CCCS. The van der Waals surface area contributed by atoms with Crippen molar-refractivity contribution in [2.45, 2.75) is 12.8 Å². The van der Waals surface area contributed by atoms with Crippen LogP contribution in [0, 0.1) is 10.1 Å². The number of thiol groups is 1. The maximum absolute atomic E-state index is 11.3. The highest BCUT2D eigenvalue weighted by Gasteiger charge is 2.15. The topological polar surface area (TPSA) is 127 Å². The lowest BCUT2D eigenvalue weighted by Crippen LogP contribution is -2.27. The fraction of sp³-hybridized carbons (Fsp3) is 0.308. The van der Waals surface area contributed by atoms with Gasteiger partial charge in [0.2, 0.25) is 5.78 Å². The minimum absolute atomic E-state index is 0.122. The van der Waals surface area contributed by atoms with Crippen LogP contribution in [0.2, 0.25) is 0 Å². The van der Waals surface area contributed by atoms with E-state index in [4.69, 9.17) is 5.11 Å². The summed E-state index contributed by atoms with van der Waals surface area (Å²) in [5, 5.41) is 20.5. The monoisotopic (exact) mass is 328 g/mol. The summed E-state index contributed by atoms with van der Waals surface area (Å²) in [4.78, 5) is 41.7. The number of nitrogens with one attached hydrogen (secondary N) is 1. The summed E-state index contributed by atoms with van der Waals surface area (Å²) in [6, 6.07) is 4.85. The molecule has 0 heterocycles. The van der Waals surface area contributed by atoms with E-state index in [2.05, 4.69) is 17.9 Å². The highest BCUT2D eigenvalue weighted by atomic mass is 32.1. The normalized spacial score (nSPS) is 9.18. The largest absolute Gasteiger partial charge is 0.481 e. The molecule has 0 bridgehead atoms. The molecular formula is C13H16N2O6S. The van der Waals surface area contributed by atoms with E-state index >= 15 is 0 Å². The van der Waals surface area contributed by atoms with E-state index < -0.39 is 22.6 Å². The van der Waals surface area contributed by atoms with Crippen LogP contribution in [0.3, 0.4) is 0 Å². The Bertz CT molecular complexity index is 544. The number of rotatable bonds is 6. The van der Waals surface area contributed by atoms with Crippen LogP contribution in [-0.2, 0) is 9.59 Å². The molecule has 1 amide bonds. The van der Waals surface area contributed by atoms with Gasteiger partial charge in [-0.25, -0.2) is 0 Å². The van der Waals surface area contributed by atoms with Gasteiger partial charge in [-0.3, -0.25) is 24.5 Å². The predicted octanol–water partition coefficient (Wildman–Crippen LogP) is 1.30. The Morgan fingerprint density at radius 3 is 2.14 bits per heavy atom. The summed E-state index contributed by atoms with van der Waals surface area (Å²) in [7, 11) is 1.34. The lowest BCUT2D eigenvalue weighted by molar-refractivity contribution is -0.384. The van der Waals surface area contributed by atoms with Gasteiger partial charge in [0.1, 0.15) is 0 Å². The Balaban J connectivity index is 0.000000534.